The van der Waals surface area contributed by atoms with Gasteiger partial charge in [0.15, 0.2) is 0 Å². The zero-order valence-electron chi connectivity index (χ0n) is 6.45. The van der Waals surface area contributed by atoms with Crippen LogP contribution in [0.1, 0.15) is 4.88 Å². The Morgan fingerprint density at radius 3 is 2.77 bits per heavy atom. The van der Waals surface area contributed by atoms with Crippen LogP contribution in [0, 0.1) is 11.3 Å². The summed E-state index contributed by atoms with van der Waals surface area (Å²) in [6.07, 6.45) is 1.68. The van der Waals surface area contributed by atoms with Crippen molar-refractivity contribution in [1.29, 1.82) is 5.26 Å². The van der Waals surface area contributed by atoms with Crippen LogP contribution >= 0.6 is 39.5 Å². The third kappa shape index (κ3) is 2.92. The van der Waals surface area contributed by atoms with Crippen molar-refractivity contribution in [1.82, 2.24) is 0 Å². The van der Waals surface area contributed by atoms with E-state index >= 15 is 0 Å². The summed E-state index contributed by atoms with van der Waals surface area (Å²) in [6.45, 7) is 0. The highest BCUT2D eigenvalue weighted by Gasteiger charge is 2.00. The van der Waals surface area contributed by atoms with Gasteiger partial charge in [-0.25, -0.2) is 0 Å². The molecule has 0 fully saturated rings. The van der Waals surface area contributed by atoms with Crippen LogP contribution in [0.5, 0.6) is 0 Å². The van der Waals surface area contributed by atoms with E-state index in [2.05, 4.69) is 15.9 Å². The van der Waals surface area contributed by atoms with E-state index in [0.717, 1.165) is 8.66 Å². The van der Waals surface area contributed by atoms with Crippen molar-refractivity contribution in [2.24, 2.45) is 5.73 Å². The fourth-order valence-corrected chi connectivity index (χ4v) is 2.18. The van der Waals surface area contributed by atoms with Crippen LogP contribution in [0.3, 0.4) is 0 Å². The molecule has 0 aliphatic heterocycles. The number of hydrogen-bond donors (Lipinski definition) is 1. The molecule has 0 aromatic carbocycles. The van der Waals surface area contributed by atoms with Crippen LogP contribution in [-0.4, -0.2) is 4.99 Å². The van der Waals surface area contributed by atoms with Gasteiger partial charge in [0.2, 0.25) is 0 Å². The molecule has 0 saturated carbocycles. The third-order valence-electron chi connectivity index (χ3n) is 1.27. The second kappa shape index (κ2) is 4.51. The largest absolute Gasteiger partial charge is 0.389 e. The molecule has 0 bridgehead atoms. The molecule has 0 saturated heterocycles. The standard InChI is InChI=1S/C8H5BrN2S2/c9-7-2-1-6(13-7)3-5(4-10)8(11)12/h1-3H,(H2,11,12)/b5-3+. The SMILES string of the molecule is N#C/C(=C\c1ccc(Br)s1)C(N)=S. The molecule has 1 rings (SSSR count). The molecule has 0 aliphatic rings. The number of halogens is 1. The van der Waals surface area contributed by atoms with E-state index in [0.29, 0.717) is 5.57 Å². The molecule has 1 aromatic heterocycles. The second-order valence-electron chi connectivity index (χ2n) is 2.18. The molecule has 13 heavy (non-hydrogen) atoms. The van der Waals surface area contributed by atoms with Crippen LogP contribution in [0.25, 0.3) is 6.08 Å². The highest BCUT2D eigenvalue weighted by Crippen LogP contribution is 2.23. The maximum atomic E-state index is 8.67. The average molecular weight is 273 g/mol. The second-order valence-corrected chi connectivity index (χ2v) is 5.11. The van der Waals surface area contributed by atoms with Gasteiger partial charge in [-0.05, 0) is 34.1 Å². The lowest BCUT2D eigenvalue weighted by Crippen LogP contribution is -2.09. The summed E-state index contributed by atoms with van der Waals surface area (Å²) in [4.78, 5) is 1.09. The summed E-state index contributed by atoms with van der Waals surface area (Å²) in [5, 5.41) is 8.67. The first-order valence-electron chi connectivity index (χ1n) is 3.30. The molecule has 0 amide bonds. The van der Waals surface area contributed by atoms with Crippen LogP contribution < -0.4 is 5.73 Å². The topological polar surface area (TPSA) is 49.8 Å². The Hall–Kier alpha value is -0.700. The Balaban J connectivity index is 3.00. The monoisotopic (exact) mass is 272 g/mol. The fourth-order valence-electron chi connectivity index (χ4n) is 0.707. The summed E-state index contributed by atoms with van der Waals surface area (Å²) in [7, 11) is 0. The first-order valence-corrected chi connectivity index (χ1v) is 5.32. The van der Waals surface area contributed by atoms with E-state index in [4.69, 9.17) is 23.2 Å². The zero-order valence-corrected chi connectivity index (χ0v) is 9.67. The minimum atomic E-state index is 0.132. The van der Waals surface area contributed by atoms with Gasteiger partial charge in [-0.3, -0.25) is 0 Å². The van der Waals surface area contributed by atoms with Crippen molar-refractivity contribution in [2.45, 2.75) is 0 Å². The number of nitrogens with two attached hydrogens (primary N) is 1. The minimum absolute atomic E-state index is 0.132. The Kier molecular flexibility index (Phi) is 3.60. The molecule has 0 atom stereocenters. The number of nitriles is 1. The van der Waals surface area contributed by atoms with Crippen LogP contribution in [0.4, 0.5) is 0 Å². The van der Waals surface area contributed by atoms with Gasteiger partial charge in [-0.1, -0.05) is 12.2 Å². The number of thiophene rings is 1. The molecule has 5 heteroatoms. The zero-order chi connectivity index (χ0) is 9.84. The van der Waals surface area contributed by atoms with Crippen molar-refractivity contribution in [3.8, 4) is 6.07 Å². The van der Waals surface area contributed by atoms with Gasteiger partial charge >= 0.3 is 0 Å². The van der Waals surface area contributed by atoms with Crippen LogP contribution in [0.2, 0.25) is 0 Å². The predicted molar refractivity (Wildman–Crippen MR) is 62.4 cm³/mol. The molecule has 2 nitrogen and oxygen atoms in total. The lowest BCUT2D eigenvalue weighted by Gasteiger charge is -1.91. The summed E-state index contributed by atoms with van der Waals surface area (Å²) >= 11 is 9.55. The van der Waals surface area contributed by atoms with E-state index in [1.54, 1.807) is 6.08 Å². The van der Waals surface area contributed by atoms with E-state index in [9.17, 15) is 0 Å². The lowest BCUT2D eigenvalue weighted by atomic mass is 10.2. The molecule has 66 valence electrons. The van der Waals surface area contributed by atoms with Gasteiger partial charge in [0, 0.05) is 4.88 Å². The normalized spacial score (nSPS) is 10.9. The van der Waals surface area contributed by atoms with Gasteiger partial charge in [-0.15, -0.1) is 11.3 Å². The average Bonchev–Trinajstić information content (AvgIpc) is 2.46. The molecule has 2 N–H and O–H groups in total. The summed E-state index contributed by atoms with van der Waals surface area (Å²) < 4.78 is 1.01. The molecule has 0 unspecified atom stereocenters. The number of rotatable bonds is 2. The summed E-state index contributed by atoms with van der Waals surface area (Å²) in [6, 6.07) is 5.75. The predicted octanol–water partition coefficient (Wildman–Crippen LogP) is 2.70. The van der Waals surface area contributed by atoms with E-state index in [1.807, 2.05) is 18.2 Å². The minimum Gasteiger partial charge on any atom is -0.389 e. The van der Waals surface area contributed by atoms with Crippen molar-refractivity contribution in [3.63, 3.8) is 0 Å². The number of hydrogen-bond acceptors (Lipinski definition) is 3. The van der Waals surface area contributed by atoms with Crippen molar-refractivity contribution >= 4 is 50.5 Å². The van der Waals surface area contributed by atoms with Gasteiger partial charge in [0.05, 0.1) is 9.36 Å². The molecule has 0 aliphatic carbocycles. The van der Waals surface area contributed by atoms with Crippen molar-refractivity contribution in [2.75, 3.05) is 0 Å². The Morgan fingerprint density at radius 1 is 1.69 bits per heavy atom. The first-order chi connectivity index (χ1) is 6.13. The van der Waals surface area contributed by atoms with Crippen LogP contribution in [0.15, 0.2) is 21.5 Å². The van der Waals surface area contributed by atoms with Gasteiger partial charge in [0.1, 0.15) is 11.1 Å². The van der Waals surface area contributed by atoms with Crippen molar-refractivity contribution in [3.05, 3.63) is 26.4 Å². The van der Waals surface area contributed by atoms with Gasteiger partial charge < -0.3 is 5.73 Å². The first kappa shape index (κ1) is 10.4. The van der Waals surface area contributed by atoms with E-state index in [-0.39, 0.29) is 4.99 Å². The Labute approximate surface area is 93.8 Å². The lowest BCUT2D eigenvalue weighted by molar-refractivity contribution is 1.52. The molecular formula is C8H5BrN2S2. The third-order valence-corrected chi connectivity index (χ3v) is 3.06. The van der Waals surface area contributed by atoms with Gasteiger partial charge in [-0.2, -0.15) is 5.26 Å². The number of nitrogens with zero attached hydrogens (tertiary/aromatic N) is 1. The molecule has 1 heterocycles. The Morgan fingerprint density at radius 2 is 2.38 bits per heavy atom. The fraction of sp³-hybridized carbons (Fsp3) is 0. The van der Waals surface area contributed by atoms with E-state index < -0.39 is 0 Å². The molecule has 0 radical (unpaired) electrons. The highest BCUT2D eigenvalue weighted by atomic mass is 79.9. The quantitative estimate of drug-likeness (QED) is 0.512. The summed E-state index contributed by atoms with van der Waals surface area (Å²) in [5.41, 5.74) is 5.67. The highest BCUT2D eigenvalue weighted by molar-refractivity contribution is 9.11. The molecule has 1 aromatic rings. The Bertz CT molecular complexity index is 401. The molecular weight excluding hydrogens is 268 g/mol. The summed E-state index contributed by atoms with van der Waals surface area (Å²) in [5.74, 6) is 0. The maximum Gasteiger partial charge on any atom is 0.114 e. The van der Waals surface area contributed by atoms with Crippen molar-refractivity contribution < 1.29 is 0 Å². The van der Waals surface area contributed by atoms with Gasteiger partial charge in [0.25, 0.3) is 0 Å². The van der Waals surface area contributed by atoms with Crippen LogP contribution in [-0.2, 0) is 0 Å². The smallest absolute Gasteiger partial charge is 0.114 e. The number of thiocarbonyl (C=S) groups is 1. The van der Waals surface area contributed by atoms with E-state index in [1.165, 1.54) is 11.3 Å². The molecule has 0 spiro atoms. The maximum absolute atomic E-state index is 8.67.